The number of thioether (sulfide) groups is 1. The number of benzene rings is 2. The molecule has 0 spiro atoms. The first-order valence-corrected chi connectivity index (χ1v) is 11.0. The van der Waals surface area contributed by atoms with Gasteiger partial charge < -0.3 is 15.4 Å². The lowest BCUT2D eigenvalue weighted by molar-refractivity contribution is -0.113. The number of amides is 1. The van der Waals surface area contributed by atoms with Crippen LogP contribution < -0.4 is 15.4 Å². The molecule has 1 heterocycles. The standard InChI is InChI=1S/C21H24N4O2S2/c1-13(2)15-6-8-16(9-7-15)22-20-24-25-21(29-20)28-12-19(26)23-17-11-14(3)5-10-18(17)27-4/h5-11,13H,12H2,1-4H3,(H,22,24)(H,23,26). The fourth-order valence-electron chi connectivity index (χ4n) is 2.63. The van der Waals surface area contributed by atoms with Crippen molar-refractivity contribution in [2.24, 2.45) is 0 Å². The van der Waals surface area contributed by atoms with Gasteiger partial charge in [0, 0.05) is 5.69 Å². The van der Waals surface area contributed by atoms with E-state index in [9.17, 15) is 4.79 Å². The Morgan fingerprint density at radius 3 is 2.62 bits per heavy atom. The van der Waals surface area contributed by atoms with Crippen molar-refractivity contribution < 1.29 is 9.53 Å². The predicted octanol–water partition coefficient (Wildman–Crippen LogP) is 5.45. The molecule has 3 aromatic rings. The van der Waals surface area contributed by atoms with E-state index in [1.807, 2.05) is 37.3 Å². The second kappa shape index (κ2) is 9.76. The van der Waals surface area contributed by atoms with E-state index in [1.165, 1.54) is 28.7 Å². The Hall–Kier alpha value is -2.58. The van der Waals surface area contributed by atoms with Gasteiger partial charge in [-0.1, -0.05) is 55.1 Å². The SMILES string of the molecule is COc1ccc(C)cc1NC(=O)CSc1nnc(Nc2ccc(C(C)C)cc2)s1. The number of anilines is 3. The van der Waals surface area contributed by atoms with Crippen LogP contribution in [-0.2, 0) is 4.79 Å². The number of carbonyl (C=O) groups excluding carboxylic acids is 1. The highest BCUT2D eigenvalue weighted by Gasteiger charge is 2.11. The molecule has 2 aromatic carbocycles. The van der Waals surface area contributed by atoms with Gasteiger partial charge in [0.2, 0.25) is 11.0 Å². The molecule has 0 bridgehead atoms. The van der Waals surface area contributed by atoms with Crippen LogP contribution in [0.2, 0.25) is 0 Å². The number of methoxy groups -OCH3 is 1. The molecule has 0 fully saturated rings. The second-order valence-corrected chi connectivity index (χ2v) is 9.02. The third-order valence-corrected chi connectivity index (χ3v) is 6.16. The summed E-state index contributed by atoms with van der Waals surface area (Å²) in [6.45, 7) is 6.31. The molecule has 0 unspecified atom stereocenters. The summed E-state index contributed by atoms with van der Waals surface area (Å²) in [6.07, 6.45) is 0. The van der Waals surface area contributed by atoms with Gasteiger partial charge in [-0.3, -0.25) is 4.79 Å². The molecule has 1 aromatic heterocycles. The molecule has 6 nitrogen and oxygen atoms in total. The Labute approximate surface area is 179 Å². The van der Waals surface area contributed by atoms with Crippen molar-refractivity contribution in [1.29, 1.82) is 0 Å². The van der Waals surface area contributed by atoms with Crippen LogP contribution in [0.25, 0.3) is 0 Å². The summed E-state index contributed by atoms with van der Waals surface area (Å²) in [6, 6.07) is 13.9. The van der Waals surface area contributed by atoms with Gasteiger partial charge >= 0.3 is 0 Å². The van der Waals surface area contributed by atoms with E-state index < -0.39 is 0 Å². The van der Waals surface area contributed by atoms with Crippen molar-refractivity contribution in [2.75, 3.05) is 23.5 Å². The smallest absolute Gasteiger partial charge is 0.234 e. The highest BCUT2D eigenvalue weighted by molar-refractivity contribution is 8.01. The Bertz CT molecular complexity index is 971. The molecule has 0 aliphatic carbocycles. The molecule has 3 rings (SSSR count). The molecule has 152 valence electrons. The molecule has 1 amide bonds. The number of aromatic nitrogens is 2. The minimum Gasteiger partial charge on any atom is -0.495 e. The Balaban J connectivity index is 1.54. The van der Waals surface area contributed by atoms with E-state index in [0.717, 1.165) is 15.6 Å². The molecule has 0 aliphatic heterocycles. The second-order valence-electron chi connectivity index (χ2n) is 6.82. The topological polar surface area (TPSA) is 76.1 Å². The van der Waals surface area contributed by atoms with Crippen LogP contribution in [0.1, 0.15) is 30.9 Å². The number of carbonyl (C=O) groups is 1. The average molecular weight is 429 g/mol. The number of aryl methyl sites for hydroxylation is 1. The van der Waals surface area contributed by atoms with Crippen molar-refractivity contribution in [3.05, 3.63) is 53.6 Å². The molecule has 0 radical (unpaired) electrons. The molecule has 0 saturated carbocycles. The summed E-state index contributed by atoms with van der Waals surface area (Å²) in [5, 5.41) is 15.1. The maximum Gasteiger partial charge on any atom is 0.234 e. The largest absolute Gasteiger partial charge is 0.495 e. The summed E-state index contributed by atoms with van der Waals surface area (Å²) in [5.41, 5.74) is 3.98. The van der Waals surface area contributed by atoms with Gasteiger partial charge in [0.05, 0.1) is 18.6 Å². The average Bonchev–Trinajstić information content (AvgIpc) is 3.14. The Morgan fingerprint density at radius 2 is 1.93 bits per heavy atom. The van der Waals surface area contributed by atoms with Crippen LogP contribution in [0, 0.1) is 6.92 Å². The molecule has 0 aliphatic rings. The van der Waals surface area contributed by atoms with Gasteiger partial charge in [0.1, 0.15) is 5.75 Å². The first-order valence-electron chi connectivity index (χ1n) is 9.22. The number of nitrogens with one attached hydrogen (secondary N) is 2. The minimum atomic E-state index is -0.118. The van der Waals surface area contributed by atoms with E-state index in [-0.39, 0.29) is 11.7 Å². The number of ether oxygens (including phenoxy) is 1. The number of hydrogen-bond donors (Lipinski definition) is 2. The zero-order valence-corrected chi connectivity index (χ0v) is 18.5. The van der Waals surface area contributed by atoms with E-state index in [4.69, 9.17) is 4.74 Å². The summed E-state index contributed by atoms with van der Waals surface area (Å²) >= 11 is 2.78. The summed E-state index contributed by atoms with van der Waals surface area (Å²) in [4.78, 5) is 12.3. The lowest BCUT2D eigenvalue weighted by Crippen LogP contribution is -2.14. The number of hydrogen-bond acceptors (Lipinski definition) is 7. The lowest BCUT2D eigenvalue weighted by Gasteiger charge is -2.10. The number of nitrogens with zero attached hydrogens (tertiary/aromatic N) is 2. The van der Waals surface area contributed by atoms with Crippen LogP contribution in [0.15, 0.2) is 46.8 Å². The highest BCUT2D eigenvalue weighted by Crippen LogP contribution is 2.29. The summed E-state index contributed by atoms with van der Waals surface area (Å²) < 4.78 is 6.03. The van der Waals surface area contributed by atoms with Crippen LogP contribution >= 0.6 is 23.1 Å². The fourth-order valence-corrected chi connectivity index (χ4v) is 4.20. The molecule has 8 heteroatoms. The van der Waals surface area contributed by atoms with Crippen molar-refractivity contribution in [3.8, 4) is 5.75 Å². The molecule has 0 atom stereocenters. The first kappa shape index (κ1) is 21.1. The summed E-state index contributed by atoms with van der Waals surface area (Å²) in [5.74, 6) is 1.27. The molecule has 0 saturated heterocycles. The highest BCUT2D eigenvalue weighted by atomic mass is 32.2. The first-order chi connectivity index (χ1) is 13.9. The fraction of sp³-hybridized carbons (Fsp3) is 0.286. The van der Waals surface area contributed by atoms with Crippen molar-refractivity contribution in [1.82, 2.24) is 10.2 Å². The van der Waals surface area contributed by atoms with Gasteiger partial charge in [-0.2, -0.15) is 0 Å². The third kappa shape index (κ3) is 5.95. The van der Waals surface area contributed by atoms with Gasteiger partial charge in [-0.25, -0.2) is 0 Å². The normalized spacial score (nSPS) is 10.8. The van der Waals surface area contributed by atoms with Crippen molar-refractivity contribution in [2.45, 2.75) is 31.0 Å². The van der Waals surface area contributed by atoms with E-state index in [1.54, 1.807) is 7.11 Å². The molecular weight excluding hydrogens is 404 g/mol. The Kier molecular flexibility index (Phi) is 7.11. The van der Waals surface area contributed by atoms with E-state index >= 15 is 0 Å². The minimum absolute atomic E-state index is 0.118. The van der Waals surface area contributed by atoms with E-state index in [2.05, 4.69) is 46.8 Å². The van der Waals surface area contributed by atoms with Gasteiger partial charge in [-0.05, 0) is 48.2 Å². The van der Waals surface area contributed by atoms with Gasteiger partial charge in [-0.15, -0.1) is 10.2 Å². The lowest BCUT2D eigenvalue weighted by atomic mass is 10.0. The maximum atomic E-state index is 12.3. The monoisotopic (exact) mass is 428 g/mol. The molecule has 2 N–H and O–H groups in total. The molecular formula is C21H24N4O2S2. The number of rotatable bonds is 8. The Morgan fingerprint density at radius 1 is 1.17 bits per heavy atom. The van der Waals surface area contributed by atoms with Crippen molar-refractivity contribution >= 4 is 45.5 Å². The van der Waals surface area contributed by atoms with E-state index in [0.29, 0.717) is 22.5 Å². The van der Waals surface area contributed by atoms with Gasteiger partial charge in [0.25, 0.3) is 0 Å². The van der Waals surface area contributed by atoms with Crippen LogP contribution in [-0.4, -0.2) is 29.0 Å². The zero-order chi connectivity index (χ0) is 20.8. The van der Waals surface area contributed by atoms with Crippen LogP contribution in [0.3, 0.4) is 0 Å². The predicted molar refractivity (Wildman–Crippen MR) is 121 cm³/mol. The maximum absolute atomic E-state index is 12.3. The summed E-state index contributed by atoms with van der Waals surface area (Å²) in [7, 11) is 1.58. The van der Waals surface area contributed by atoms with Gasteiger partial charge in [0.15, 0.2) is 4.34 Å². The van der Waals surface area contributed by atoms with Crippen LogP contribution in [0.4, 0.5) is 16.5 Å². The quantitative estimate of drug-likeness (QED) is 0.465. The third-order valence-electron chi connectivity index (χ3n) is 4.19. The molecule has 29 heavy (non-hydrogen) atoms. The van der Waals surface area contributed by atoms with Crippen molar-refractivity contribution in [3.63, 3.8) is 0 Å². The van der Waals surface area contributed by atoms with Crippen LogP contribution in [0.5, 0.6) is 5.75 Å². The zero-order valence-electron chi connectivity index (χ0n) is 16.9.